The number of aliphatic hydroxyl groups is 1. The fourth-order valence-corrected chi connectivity index (χ4v) is 0.518. The van der Waals surface area contributed by atoms with Crippen LogP contribution in [-0.2, 0) is 0 Å². The van der Waals surface area contributed by atoms with Gasteiger partial charge in [-0.2, -0.15) is 0 Å². The molecule has 1 rings (SSSR count). The van der Waals surface area contributed by atoms with Crippen LogP contribution in [0, 0.1) is 0 Å². The number of hydrogen-bond donors (Lipinski definition) is 2. The number of nitrogens with zero attached hydrogens (tertiary/aromatic N) is 1. The minimum atomic E-state index is 0.176. The van der Waals surface area contributed by atoms with Crippen LogP contribution in [0.4, 0.5) is 0 Å². The van der Waals surface area contributed by atoms with E-state index in [1.807, 2.05) is 0 Å². The van der Waals surface area contributed by atoms with Crippen molar-refractivity contribution in [2.24, 2.45) is 0 Å². The van der Waals surface area contributed by atoms with E-state index < -0.39 is 0 Å². The SMILES string of the molecule is CN1C=CC=C(O)N1. The van der Waals surface area contributed by atoms with Gasteiger partial charge in [-0.15, -0.1) is 0 Å². The predicted octanol–water partition coefficient (Wildman–Crippen LogP) is 0.349. The normalized spacial score (nSPS) is 17.6. The molecule has 0 atom stereocenters. The Kier molecular flexibility index (Phi) is 1.12. The number of hydrogen-bond acceptors (Lipinski definition) is 3. The van der Waals surface area contributed by atoms with E-state index in [0.717, 1.165) is 0 Å². The van der Waals surface area contributed by atoms with Crippen molar-refractivity contribution in [2.75, 3.05) is 7.05 Å². The molecule has 0 spiro atoms. The van der Waals surface area contributed by atoms with E-state index in [1.165, 1.54) is 0 Å². The fraction of sp³-hybridized carbons (Fsp3) is 0.200. The molecule has 0 saturated heterocycles. The molecule has 0 aromatic rings. The van der Waals surface area contributed by atoms with Crippen molar-refractivity contribution < 1.29 is 5.11 Å². The lowest BCUT2D eigenvalue weighted by Crippen LogP contribution is -2.30. The highest BCUT2D eigenvalue weighted by Gasteiger charge is 1.95. The average Bonchev–Trinajstić information content (AvgIpc) is 1.64. The van der Waals surface area contributed by atoms with Crippen molar-refractivity contribution in [3.8, 4) is 0 Å². The fourth-order valence-electron chi connectivity index (χ4n) is 0.518. The smallest absolute Gasteiger partial charge is 0.203 e. The molecule has 3 nitrogen and oxygen atoms in total. The largest absolute Gasteiger partial charge is 0.494 e. The summed E-state index contributed by atoms with van der Waals surface area (Å²) in [5.41, 5.74) is 2.64. The van der Waals surface area contributed by atoms with E-state index in [4.69, 9.17) is 5.11 Å². The van der Waals surface area contributed by atoms with E-state index in [1.54, 1.807) is 30.4 Å². The van der Waals surface area contributed by atoms with Gasteiger partial charge in [-0.1, -0.05) is 0 Å². The van der Waals surface area contributed by atoms with Gasteiger partial charge in [0.05, 0.1) is 0 Å². The van der Waals surface area contributed by atoms with Crippen molar-refractivity contribution in [3.05, 3.63) is 24.2 Å². The summed E-state index contributed by atoms with van der Waals surface area (Å²) in [7, 11) is 1.81. The lowest BCUT2D eigenvalue weighted by atomic mass is 10.5. The van der Waals surface area contributed by atoms with Gasteiger partial charge in [-0.05, 0) is 6.08 Å². The summed E-state index contributed by atoms with van der Waals surface area (Å²) in [6.07, 6.45) is 5.14. The third-order valence-electron chi connectivity index (χ3n) is 0.855. The molecule has 0 aliphatic carbocycles. The summed E-state index contributed by atoms with van der Waals surface area (Å²) < 4.78 is 0. The monoisotopic (exact) mass is 112 g/mol. The maximum absolute atomic E-state index is 8.74. The molecular formula is C5H8N2O. The Morgan fingerprint density at radius 2 is 2.50 bits per heavy atom. The Labute approximate surface area is 47.9 Å². The summed E-state index contributed by atoms with van der Waals surface area (Å²) >= 11 is 0. The standard InChI is InChI=1S/C5H8N2O/c1-7-4-2-3-5(8)6-7/h2-4,6,8H,1H3. The Bertz CT molecular complexity index is 139. The first-order valence-electron chi connectivity index (χ1n) is 2.36. The predicted molar refractivity (Wildman–Crippen MR) is 30.8 cm³/mol. The Morgan fingerprint density at radius 3 is 2.88 bits per heavy atom. The van der Waals surface area contributed by atoms with Crippen molar-refractivity contribution in [1.29, 1.82) is 0 Å². The quantitative estimate of drug-likeness (QED) is 0.474. The van der Waals surface area contributed by atoms with Crippen LogP contribution in [0.3, 0.4) is 0 Å². The first-order chi connectivity index (χ1) is 3.79. The van der Waals surface area contributed by atoms with Crippen LogP contribution in [-0.4, -0.2) is 17.2 Å². The highest BCUT2D eigenvalue weighted by molar-refractivity contribution is 5.08. The van der Waals surface area contributed by atoms with Gasteiger partial charge in [0.25, 0.3) is 0 Å². The first-order valence-corrected chi connectivity index (χ1v) is 2.36. The zero-order valence-electron chi connectivity index (χ0n) is 4.63. The molecule has 0 saturated carbocycles. The van der Waals surface area contributed by atoms with Crippen molar-refractivity contribution in [1.82, 2.24) is 10.4 Å². The third-order valence-corrected chi connectivity index (χ3v) is 0.855. The topological polar surface area (TPSA) is 35.5 Å². The molecule has 1 aliphatic heterocycles. The van der Waals surface area contributed by atoms with Gasteiger partial charge in [0, 0.05) is 19.3 Å². The molecule has 0 amide bonds. The molecule has 44 valence electrons. The maximum Gasteiger partial charge on any atom is 0.203 e. The molecule has 1 aliphatic rings. The summed E-state index contributed by atoms with van der Waals surface area (Å²) in [5, 5.41) is 10.4. The van der Waals surface area contributed by atoms with Crippen LogP contribution in [0.15, 0.2) is 24.2 Å². The molecule has 3 heteroatoms. The Hall–Kier alpha value is -1.12. The zero-order chi connectivity index (χ0) is 5.98. The number of nitrogens with one attached hydrogen (secondary N) is 1. The Balaban J connectivity index is 2.59. The van der Waals surface area contributed by atoms with Gasteiger partial charge in [0.1, 0.15) is 0 Å². The van der Waals surface area contributed by atoms with Crippen molar-refractivity contribution in [3.63, 3.8) is 0 Å². The van der Waals surface area contributed by atoms with Gasteiger partial charge in [-0.3, -0.25) is 10.4 Å². The Morgan fingerprint density at radius 1 is 1.75 bits per heavy atom. The second kappa shape index (κ2) is 1.78. The first kappa shape index (κ1) is 5.03. The average molecular weight is 112 g/mol. The molecule has 0 bridgehead atoms. The second-order valence-electron chi connectivity index (χ2n) is 1.62. The summed E-state index contributed by atoms with van der Waals surface area (Å²) in [6, 6.07) is 0. The molecule has 0 radical (unpaired) electrons. The summed E-state index contributed by atoms with van der Waals surface area (Å²) in [6.45, 7) is 0. The molecule has 1 heterocycles. The van der Waals surface area contributed by atoms with E-state index in [2.05, 4.69) is 5.43 Å². The van der Waals surface area contributed by atoms with Crippen molar-refractivity contribution in [2.45, 2.75) is 0 Å². The van der Waals surface area contributed by atoms with Gasteiger partial charge in [0.2, 0.25) is 5.88 Å². The molecule has 2 N–H and O–H groups in total. The van der Waals surface area contributed by atoms with Crippen molar-refractivity contribution >= 4 is 0 Å². The van der Waals surface area contributed by atoms with Crippen LogP contribution in [0.25, 0.3) is 0 Å². The van der Waals surface area contributed by atoms with E-state index in [9.17, 15) is 0 Å². The van der Waals surface area contributed by atoms with E-state index >= 15 is 0 Å². The van der Waals surface area contributed by atoms with Crippen LogP contribution in [0.5, 0.6) is 0 Å². The molecule has 0 aromatic heterocycles. The third kappa shape index (κ3) is 0.932. The minimum absolute atomic E-state index is 0.176. The highest BCUT2D eigenvalue weighted by Crippen LogP contribution is 1.93. The molecule has 0 aromatic carbocycles. The lowest BCUT2D eigenvalue weighted by Gasteiger charge is -2.17. The van der Waals surface area contributed by atoms with Crippen LogP contribution >= 0.6 is 0 Å². The number of aliphatic hydroxyl groups excluding tert-OH is 1. The molecule has 8 heavy (non-hydrogen) atoms. The van der Waals surface area contributed by atoms with Crippen LogP contribution in [0.2, 0.25) is 0 Å². The summed E-state index contributed by atoms with van der Waals surface area (Å²) in [4.78, 5) is 0. The molecular weight excluding hydrogens is 104 g/mol. The van der Waals surface area contributed by atoms with Crippen LogP contribution in [0.1, 0.15) is 0 Å². The maximum atomic E-state index is 8.74. The lowest BCUT2D eigenvalue weighted by molar-refractivity contribution is 0.251. The van der Waals surface area contributed by atoms with Gasteiger partial charge in [0.15, 0.2) is 0 Å². The number of hydrazine groups is 1. The number of rotatable bonds is 0. The summed E-state index contributed by atoms with van der Waals surface area (Å²) in [5.74, 6) is 0.176. The number of allylic oxidation sites excluding steroid dienone is 2. The van der Waals surface area contributed by atoms with Gasteiger partial charge < -0.3 is 5.11 Å². The molecule has 0 fully saturated rings. The zero-order valence-corrected chi connectivity index (χ0v) is 4.63. The highest BCUT2D eigenvalue weighted by atomic mass is 16.3. The van der Waals surface area contributed by atoms with Gasteiger partial charge >= 0.3 is 0 Å². The van der Waals surface area contributed by atoms with E-state index in [0.29, 0.717) is 0 Å². The minimum Gasteiger partial charge on any atom is -0.494 e. The second-order valence-corrected chi connectivity index (χ2v) is 1.62. The van der Waals surface area contributed by atoms with E-state index in [-0.39, 0.29) is 5.88 Å². The molecule has 0 unspecified atom stereocenters. The van der Waals surface area contributed by atoms with Gasteiger partial charge in [-0.25, -0.2) is 0 Å². The van der Waals surface area contributed by atoms with Crippen LogP contribution < -0.4 is 5.43 Å².